The summed E-state index contributed by atoms with van der Waals surface area (Å²) < 4.78 is 13.0. The molecule has 1 aliphatic rings. The van der Waals surface area contributed by atoms with Crippen molar-refractivity contribution >= 4 is 23.2 Å². The van der Waals surface area contributed by atoms with Crippen LogP contribution in [0.25, 0.3) is 0 Å². The lowest BCUT2D eigenvalue weighted by atomic mass is 10.2. The van der Waals surface area contributed by atoms with Crippen LogP contribution in [0.5, 0.6) is 0 Å². The van der Waals surface area contributed by atoms with Crippen molar-refractivity contribution in [1.82, 2.24) is 9.97 Å². The molecule has 0 saturated heterocycles. The Balaban J connectivity index is 1.78. The van der Waals surface area contributed by atoms with E-state index >= 15 is 0 Å². The van der Waals surface area contributed by atoms with Gasteiger partial charge in [-0.2, -0.15) is 0 Å². The number of hydrogen-bond acceptors (Lipinski definition) is 3. The van der Waals surface area contributed by atoms with Gasteiger partial charge in [0, 0.05) is 17.3 Å². The molecule has 0 aliphatic heterocycles. The molecular formula is C14H11ClFN3O. The van der Waals surface area contributed by atoms with Crippen molar-refractivity contribution in [3.63, 3.8) is 0 Å². The second-order valence-corrected chi connectivity index (χ2v) is 5.09. The molecule has 1 aromatic carbocycles. The molecule has 102 valence electrons. The summed E-state index contributed by atoms with van der Waals surface area (Å²) in [5, 5.41) is 2.59. The Morgan fingerprint density at radius 1 is 1.30 bits per heavy atom. The van der Waals surface area contributed by atoms with E-state index in [0.717, 1.165) is 18.5 Å². The molecule has 4 nitrogen and oxygen atoms in total. The number of rotatable bonds is 3. The van der Waals surface area contributed by atoms with Crippen LogP contribution in [-0.2, 0) is 0 Å². The van der Waals surface area contributed by atoms with E-state index in [9.17, 15) is 9.18 Å². The van der Waals surface area contributed by atoms with Crippen LogP contribution in [0.15, 0.2) is 30.6 Å². The van der Waals surface area contributed by atoms with Crippen LogP contribution < -0.4 is 5.32 Å². The van der Waals surface area contributed by atoms with Gasteiger partial charge in [-0.15, -0.1) is 0 Å². The lowest BCUT2D eigenvalue weighted by Gasteiger charge is -2.06. The molecule has 20 heavy (non-hydrogen) atoms. The highest BCUT2D eigenvalue weighted by molar-refractivity contribution is 6.31. The van der Waals surface area contributed by atoms with E-state index in [4.69, 9.17) is 11.6 Å². The van der Waals surface area contributed by atoms with Crippen molar-refractivity contribution in [3.05, 3.63) is 52.8 Å². The van der Waals surface area contributed by atoms with Crippen molar-refractivity contribution in [1.29, 1.82) is 0 Å². The Bertz CT molecular complexity index is 673. The first-order valence-corrected chi connectivity index (χ1v) is 6.59. The van der Waals surface area contributed by atoms with E-state index in [1.165, 1.54) is 24.5 Å². The van der Waals surface area contributed by atoms with E-state index < -0.39 is 5.82 Å². The van der Waals surface area contributed by atoms with Crippen LogP contribution in [0.1, 0.15) is 34.9 Å². The maximum absolute atomic E-state index is 13.0. The highest BCUT2D eigenvalue weighted by atomic mass is 35.5. The molecule has 2 aromatic rings. The summed E-state index contributed by atoms with van der Waals surface area (Å²) in [6, 6.07) is 5.70. The van der Waals surface area contributed by atoms with Gasteiger partial charge in [0.15, 0.2) is 0 Å². The molecule has 1 N–H and O–H groups in total. The Kier molecular flexibility index (Phi) is 3.36. The first kappa shape index (κ1) is 13.0. The topological polar surface area (TPSA) is 54.9 Å². The van der Waals surface area contributed by atoms with Crippen LogP contribution in [-0.4, -0.2) is 15.9 Å². The van der Waals surface area contributed by atoms with Gasteiger partial charge in [0.2, 0.25) is 0 Å². The zero-order valence-corrected chi connectivity index (χ0v) is 11.2. The molecular weight excluding hydrogens is 281 g/mol. The second kappa shape index (κ2) is 5.17. The van der Waals surface area contributed by atoms with E-state index in [2.05, 4.69) is 15.3 Å². The predicted octanol–water partition coefficient (Wildman–Crippen LogP) is 3.40. The lowest BCUT2D eigenvalue weighted by molar-refractivity contribution is 0.102. The number of carbonyl (C=O) groups is 1. The van der Waals surface area contributed by atoms with Crippen LogP contribution in [0, 0.1) is 5.82 Å². The molecule has 1 amide bonds. The fourth-order valence-corrected chi connectivity index (χ4v) is 2.05. The van der Waals surface area contributed by atoms with Gasteiger partial charge in [0.1, 0.15) is 17.8 Å². The number of nitrogens with one attached hydrogen (secondary N) is 1. The van der Waals surface area contributed by atoms with Crippen molar-refractivity contribution in [3.8, 4) is 0 Å². The highest BCUT2D eigenvalue weighted by Gasteiger charge is 2.25. The first-order chi connectivity index (χ1) is 9.63. The molecule has 1 saturated carbocycles. The molecule has 1 aromatic heterocycles. The number of amides is 1. The van der Waals surface area contributed by atoms with Crippen LogP contribution >= 0.6 is 11.6 Å². The number of nitrogens with zero attached hydrogens (tertiary/aromatic N) is 2. The molecule has 0 bridgehead atoms. The van der Waals surface area contributed by atoms with Gasteiger partial charge in [0.05, 0.1) is 5.02 Å². The predicted molar refractivity (Wildman–Crippen MR) is 73.4 cm³/mol. The van der Waals surface area contributed by atoms with E-state index in [1.54, 1.807) is 6.07 Å². The van der Waals surface area contributed by atoms with E-state index in [-0.39, 0.29) is 10.9 Å². The van der Waals surface area contributed by atoms with Gasteiger partial charge in [-0.1, -0.05) is 11.6 Å². The third-order valence-corrected chi connectivity index (χ3v) is 3.38. The third-order valence-electron chi connectivity index (χ3n) is 3.09. The number of halogens is 2. The van der Waals surface area contributed by atoms with Crippen molar-refractivity contribution in [2.75, 3.05) is 5.32 Å². The second-order valence-electron chi connectivity index (χ2n) is 4.69. The Morgan fingerprint density at radius 3 is 2.80 bits per heavy atom. The molecule has 0 spiro atoms. The summed E-state index contributed by atoms with van der Waals surface area (Å²) in [6.07, 6.45) is 3.59. The summed E-state index contributed by atoms with van der Waals surface area (Å²) in [7, 11) is 0. The Labute approximate surface area is 120 Å². The number of carbonyl (C=O) groups excluding carboxylic acids is 1. The molecule has 6 heteroatoms. The summed E-state index contributed by atoms with van der Waals surface area (Å²) in [5.74, 6) is -0.440. The molecule has 0 unspecified atom stereocenters. The van der Waals surface area contributed by atoms with Gasteiger partial charge in [-0.05, 0) is 37.1 Å². The van der Waals surface area contributed by atoms with Crippen molar-refractivity contribution in [2.45, 2.75) is 18.8 Å². The fourth-order valence-electron chi connectivity index (χ4n) is 1.87. The standard InChI is InChI=1S/C14H11ClFN3O/c15-10-5-9(3-4-11(10)16)19-14(20)13-6-12(8-1-2-8)17-7-18-13/h3-8H,1-2H2,(H,19,20). The number of aromatic nitrogens is 2. The minimum Gasteiger partial charge on any atom is -0.321 e. The number of benzene rings is 1. The summed E-state index contributed by atoms with van der Waals surface area (Å²) in [4.78, 5) is 20.2. The molecule has 1 fully saturated rings. The number of anilines is 1. The van der Waals surface area contributed by atoms with Gasteiger partial charge in [-0.3, -0.25) is 4.79 Å². The fraction of sp³-hybridized carbons (Fsp3) is 0.214. The van der Waals surface area contributed by atoms with E-state index in [1.807, 2.05) is 0 Å². The summed E-state index contributed by atoms with van der Waals surface area (Å²) in [5.41, 5.74) is 1.61. The van der Waals surface area contributed by atoms with Crippen LogP contribution in [0.3, 0.4) is 0 Å². The van der Waals surface area contributed by atoms with E-state index in [0.29, 0.717) is 17.3 Å². The average Bonchev–Trinajstić information content (AvgIpc) is 3.28. The maximum atomic E-state index is 13.0. The SMILES string of the molecule is O=C(Nc1ccc(F)c(Cl)c1)c1cc(C2CC2)ncn1. The first-order valence-electron chi connectivity index (χ1n) is 6.22. The normalized spacial score (nSPS) is 14.1. The van der Waals surface area contributed by atoms with Crippen molar-refractivity contribution in [2.24, 2.45) is 0 Å². The zero-order chi connectivity index (χ0) is 14.1. The van der Waals surface area contributed by atoms with Gasteiger partial charge < -0.3 is 5.32 Å². The molecule has 3 rings (SSSR count). The zero-order valence-electron chi connectivity index (χ0n) is 10.4. The Morgan fingerprint density at radius 2 is 2.10 bits per heavy atom. The largest absolute Gasteiger partial charge is 0.321 e. The van der Waals surface area contributed by atoms with Crippen LogP contribution in [0.2, 0.25) is 5.02 Å². The molecule has 1 heterocycles. The number of hydrogen-bond donors (Lipinski definition) is 1. The van der Waals surface area contributed by atoms with Gasteiger partial charge in [-0.25, -0.2) is 14.4 Å². The van der Waals surface area contributed by atoms with Crippen molar-refractivity contribution < 1.29 is 9.18 Å². The minimum absolute atomic E-state index is 0.0378. The van der Waals surface area contributed by atoms with Gasteiger partial charge in [0.25, 0.3) is 5.91 Å². The quantitative estimate of drug-likeness (QED) is 0.943. The summed E-state index contributed by atoms with van der Waals surface area (Å²) >= 11 is 5.67. The lowest BCUT2D eigenvalue weighted by Crippen LogP contribution is -2.14. The Hall–Kier alpha value is -2.01. The smallest absolute Gasteiger partial charge is 0.274 e. The third kappa shape index (κ3) is 2.77. The monoisotopic (exact) mass is 291 g/mol. The highest BCUT2D eigenvalue weighted by Crippen LogP contribution is 2.38. The molecule has 0 radical (unpaired) electrons. The van der Waals surface area contributed by atoms with Crippen LogP contribution in [0.4, 0.5) is 10.1 Å². The minimum atomic E-state index is -0.525. The molecule has 0 atom stereocenters. The summed E-state index contributed by atoms with van der Waals surface area (Å²) in [6.45, 7) is 0. The maximum Gasteiger partial charge on any atom is 0.274 e. The average molecular weight is 292 g/mol. The van der Waals surface area contributed by atoms with Gasteiger partial charge >= 0.3 is 0 Å². The molecule has 1 aliphatic carbocycles.